The lowest BCUT2D eigenvalue weighted by Crippen LogP contribution is -2.24. The molecule has 1 aromatic carbocycles. The maximum Gasteiger partial charge on any atom is 0.230 e. The van der Waals surface area contributed by atoms with E-state index in [9.17, 15) is 12.8 Å². The lowest BCUT2D eigenvalue weighted by Gasteiger charge is -2.08. The number of nitrogens with zero attached hydrogens (tertiary/aromatic N) is 2. The molecule has 0 saturated carbocycles. The molecule has 0 amide bonds. The topological polar surface area (TPSA) is 85.1 Å². The number of rotatable bonds is 7. The summed E-state index contributed by atoms with van der Waals surface area (Å²) in [6.45, 7) is 3.69. The van der Waals surface area contributed by atoms with Gasteiger partial charge in [-0.25, -0.2) is 12.8 Å². The fourth-order valence-electron chi connectivity index (χ4n) is 2.07. The first-order valence-corrected chi connectivity index (χ1v) is 8.95. The second kappa shape index (κ2) is 8.55. The largest absolute Gasteiger partial charge is 0.339 e. The number of likely N-dealkylation sites (N-methyl/N-ethyl adjacent to an activating group) is 1. The van der Waals surface area contributed by atoms with Crippen LogP contribution in [0.15, 0.2) is 33.7 Å². The number of sulfone groups is 1. The van der Waals surface area contributed by atoms with Crippen LogP contribution in [0.5, 0.6) is 0 Å². The SMILES string of the molecule is CNC(C)Cc1noc(C(C)CS(=O)(=O)c2ccc(F)cc2)n1.Cl. The fraction of sp³-hybridized carbons (Fsp3) is 0.467. The van der Waals surface area contributed by atoms with Gasteiger partial charge in [0.25, 0.3) is 0 Å². The Kier molecular flexibility index (Phi) is 7.31. The minimum absolute atomic E-state index is 0. The third-order valence-electron chi connectivity index (χ3n) is 3.53. The van der Waals surface area contributed by atoms with E-state index >= 15 is 0 Å². The third kappa shape index (κ3) is 5.25. The lowest BCUT2D eigenvalue weighted by atomic mass is 10.2. The van der Waals surface area contributed by atoms with Crippen molar-refractivity contribution in [1.29, 1.82) is 0 Å². The van der Waals surface area contributed by atoms with Crippen LogP contribution in [0.2, 0.25) is 0 Å². The Morgan fingerprint density at radius 1 is 1.25 bits per heavy atom. The van der Waals surface area contributed by atoms with Crippen LogP contribution in [0.3, 0.4) is 0 Å². The summed E-state index contributed by atoms with van der Waals surface area (Å²) in [5.74, 6) is -0.280. The first-order valence-electron chi connectivity index (χ1n) is 7.30. The van der Waals surface area contributed by atoms with E-state index in [1.54, 1.807) is 6.92 Å². The van der Waals surface area contributed by atoms with E-state index in [1.165, 1.54) is 12.1 Å². The summed E-state index contributed by atoms with van der Waals surface area (Å²) in [5, 5.41) is 6.94. The Morgan fingerprint density at radius 2 is 1.88 bits per heavy atom. The van der Waals surface area contributed by atoms with Crippen molar-refractivity contribution < 1.29 is 17.3 Å². The van der Waals surface area contributed by atoms with Gasteiger partial charge in [0.05, 0.1) is 10.6 Å². The maximum absolute atomic E-state index is 12.9. The van der Waals surface area contributed by atoms with Gasteiger partial charge in [-0.05, 0) is 38.2 Å². The molecule has 1 N–H and O–H groups in total. The highest BCUT2D eigenvalue weighted by Crippen LogP contribution is 2.21. The maximum atomic E-state index is 12.9. The van der Waals surface area contributed by atoms with E-state index in [4.69, 9.17) is 4.52 Å². The van der Waals surface area contributed by atoms with E-state index in [0.717, 1.165) is 12.1 Å². The molecule has 2 rings (SSSR count). The number of hydrogen-bond donors (Lipinski definition) is 1. The molecule has 2 atom stereocenters. The number of nitrogens with one attached hydrogen (secondary N) is 1. The van der Waals surface area contributed by atoms with E-state index < -0.39 is 21.6 Å². The highest BCUT2D eigenvalue weighted by Gasteiger charge is 2.24. The molecule has 0 bridgehead atoms. The van der Waals surface area contributed by atoms with Crippen molar-refractivity contribution in [3.05, 3.63) is 41.8 Å². The van der Waals surface area contributed by atoms with Gasteiger partial charge in [-0.15, -0.1) is 12.4 Å². The number of benzene rings is 1. The Balaban J connectivity index is 0.00000288. The Hall–Kier alpha value is -1.51. The highest BCUT2D eigenvalue weighted by molar-refractivity contribution is 7.91. The van der Waals surface area contributed by atoms with Crippen molar-refractivity contribution in [2.75, 3.05) is 12.8 Å². The molecule has 2 unspecified atom stereocenters. The zero-order valence-corrected chi connectivity index (χ0v) is 15.3. The Labute approximate surface area is 147 Å². The van der Waals surface area contributed by atoms with Crippen molar-refractivity contribution in [3.63, 3.8) is 0 Å². The predicted octanol–water partition coefficient (Wildman–Crippen LogP) is 2.36. The highest BCUT2D eigenvalue weighted by atomic mass is 35.5. The van der Waals surface area contributed by atoms with Gasteiger partial charge in [0.2, 0.25) is 5.89 Å². The number of hydrogen-bond acceptors (Lipinski definition) is 6. The first-order chi connectivity index (χ1) is 10.8. The van der Waals surface area contributed by atoms with Gasteiger partial charge < -0.3 is 9.84 Å². The van der Waals surface area contributed by atoms with Gasteiger partial charge >= 0.3 is 0 Å². The van der Waals surface area contributed by atoms with E-state index in [1.807, 2.05) is 14.0 Å². The van der Waals surface area contributed by atoms with Gasteiger partial charge in [0, 0.05) is 18.4 Å². The molecule has 0 fully saturated rings. The molecule has 2 aromatic rings. The summed E-state index contributed by atoms with van der Waals surface area (Å²) in [7, 11) is -1.71. The monoisotopic (exact) mass is 377 g/mol. The number of aromatic nitrogens is 2. The minimum Gasteiger partial charge on any atom is -0.339 e. The normalized spacial score (nSPS) is 14.0. The molecule has 9 heteroatoms. The summed E-state index contributed by atoms with van der Waals surface area (Å²) in [6, 6.07) is 4.96. The van der Waals surface area contributed by atoms with Crippen LogP contribution in [0.1, 0.15) is 31.5 Å². The second-order valence-electron chi connectivity index (χ2n) is 5.58. The van der Waals surface area contributed by atoms with Crippen LogP contribution < -0.4 is 5.32 Å². The molecule has 0 aliphatic carbocycles. The smallest absolute Gasteiger partial charge is 0.230 e. The van der Waals surface area contributed by atoms with Crippen LogP contribution in [-0.4, -0.2) is 37.4 Å². The molecule has 0 spiro atoms. The lowest BCUT2D eigenvalue weighted by molar-refractivity contribution is 0.359. The summed E-state index contributed by atoms with van der Waals surface area (Å²) in [4.78, 5) is 4.33. The first kappa shape index (κ1) is 20.5. The van der Waals surface area contributed by atoms with Crippen LogP contribution in [0, 0.1) is 5.82 Å². The predicted molar refractivity (Wildman–Crippen MR) is 90.6 cm³/mol. The van der Waals surface area contributed by atoms with Gasteiger partial charge in [-0.2, -0.15) is 4.98 Å². The van der Waals surface area contributed by atoms with Crippen molar-refractivity contribution in [2.45, 2.75) is 37.1 Å². The molecule has 24 heavy (non-hydrogen) atoms. The van der Waals surface area contributed by atoms with Gasteiger partial charge in [0.15, 0.2) is 15.7 Å². The average Bonchev–Trinajstić information content (AvgIpc) is 2.95. The fourth-order valence-corrected chi connectivity index (χ4v) is 3.61. The van der Waals surface area contributed by atoms with Crippen molar-refractivity contribution in [2.24, 2.45) is 0 Å². The third-order valence-corrected chi connectivity index (χ3v) is 5.46. The standard InChI is InChI=1S/C15H20FN3O3S.ClH/c1-10(15-18-14(19-22-15)8-11(2)17-3)9-23(20,21)13-6-4-12(16)5-7-13;/h4-7,10-11,17H,8-9H2,1-3H3;1H. The van der Waals surface area contributed by atoms with Crippen molar-refractivity contribution in [1.82, 2.24) is 15.5 Å². The molecular formula is C15H21ClFN3O3S. The van der Waals surface area contributed by atoms with E-state index in [0.29, 0.717) is 12.2 Å². The van der Waals surface area contributed by atoms with Gasteiger partial charge in [0.1, 0.15) is 5.82 Å². The van der Waals surface area contributed by atoms with E-state index in [-0.39, 0.29) is 35.0 Å². The molecular weight excluding hydrogens is 357 g/mol. The molecule has 0 aliphatic rings. The van der Waals surface area contributed by atoms with Gasteiger partial charge in [-0.1, -0.05) is 12.1 Å². The molecule has 1 heterocycles. The van der Waals surface area contributed by atoms with Gasteiger partial charge in [-0.3, -0.25) is 0 Å². The molecule has 0 aliphatic heterocycles. The summed E-state index contributed by atoms with van der Waals surface area (Å²) < 4.78 is 42.7. The quantitative estimate of drug-likeness (QED) is 0.745. The summed E-state index contributed by atoms with van der Waals surface area (Å²) in [5.41, 5.74) is 0. The van der Waals surface area contributed by atoms with Crippen molar-refractivity contribution >= 4 is 22.2 Å². The summed E-state index contributed by atoms with van der Waals surface area (Å²) in [6.07, 6.45) is 0.595. The van der Waals surface area contributed by atoms with E-state index in [2.05, 4.69) is 15.5 Å². The van der Waals surface area contributed by atoms with Crippen molar-refractivity contribution in [3.8, 4) is 0 Å². The Bertz CT molecular complexity index is 750. The molecule has 134 valence electrons. The second-order valence-corrected chi connectivity index (χ2v) is 7.61. The van der Waals surface area contributed by atoms with Crippen LogP contribution >= 0.6 is 12.4 Å². The number of halogens is 2. The molecule has 6 nitrogen and oxygen atoms in total. The summed E-state index contributed by atoms with van der Waals surface area (Å²) >= 11 is 0. The zero-order valence-electron chi connectivity index (χ0n) is 13.7. The van der Waals surface area contributed by atoms with Crippen LogP contribution in [0.4, 0.5) is 4.39 Å². The van der Waals surface area contributed by atoms with Crippen LogP contribution in [-0.2, 0) is 16.3 Å². The minimum atomic E-state index is -3.55. The average molecular weight is 378 g/mol. The Morgan fingerprint density at radius 3 is 2.46 bits per heavy atom. The zero-order chi connectivity index (χ0) is 17.0. The molecule has 1 aromatic heterocycles. The molecule has 0 radical (unpaired) electrons. The molecule has 0 saturated heterocycles. The van der Waals surface area contributed by atoms with Crippen LogP contribution in [0.25, 0.3) is 0 Å².